The quantitative estimate of drug-likeness (QED) is 0.809. The second-order valence-electron chi connectivity index (χ2n) is 5.09. The van der Waals surface area contributed by atoms with Gasteiger partial charge in [0.1, 0.15) is 18.4 Å². The van der Waals surface area contributed by atoms with E-state index >= 15 is 0 Å². The fourth-order valence-electron chi connectivity index (χ4n) is 2.40. The minimum atomic E-state index is -0.946. The van der Waals surface area contributed by atoms with Gasteiger partial charge in [-0.2, -0.15) is 0 Å². The average Bonchev–Trinajstić information content (AvgIpc) is 2.93. The van der Waals surface area contributed by atoms with Crippen LogP contribution in [0.4, 0.5) is 4.79 Å². The molecular weight excluding hydrogens is 272 g/mol. The van der Waals surface area contributed by atoms with Crippen LogP contribution < -0.4 is 10.1 Å². The highest BCUT2D eigenvalue weighted by Gasteiger charge is 2.33. The molecule has 6 heteroatoms. The predicted molar refractivity (Wildman–Crippen MR) is 77.4 cm³/mol. The number of carbonyl (C=O) groups is 2. The van der Waals surface area contributed by atoms with Gasteiger partial charge < -0.3 is 20.1 Å². The Balaban J connectivity index is 1.73. The van der Waals surface area contributed by atoms with Crippen molar-refractivity contribution in [2.45, 2.75) is 25.8 Å². The molecule has 6 nitrogen and oxygen atoms in total. The van der Waals surface area contributed by atoms with Gasteiger partial charge in [0.2, 0.25) is 0 Å². The van der Waals surface area contributed by atoms with Crippen LogP contribution in [0.5, 0.6) is 5.75 Å². The molecule has 2 N–H and O–H groups in total. The summed E-state index contributed by atoms with van der Waals surface area (Å²) < 4.78 is 5.52. The average molecular weight is 292 g/mol. The van der Waals surface area contributed by atoms with Crippen molar-refractivity contribution in [2.75, 3.05) is 19.7 Å². The highest BCUT2D eigenvalue weighted by Crippen LogP contribution is 2.17. The standard InChI is InChI=1S/C15H20N2O4/c1-11-4-2-5-12(10-11)21-9-7-16-15(20)17-8-3-6-13(17)14(18)19/h2,4-5,10,13H,3,6-9H2,1H3,(H,16,20)(H,18,19)/t13-/m0/s1. The number of aryl methyl sites for hydroxylation is 1. The Labute approximate surface area is 123 Å². The number of aliphatic carboxylic acids is 1. The summed E-state index contributed by atoms with van der Waals surface area (Å²) in [5, 5.41) is 11.7. The van der Waals surface area contributed by atoms with Gasteiger partial charge in [0.15, 0.2) is 0 Å². The van der Waals surface area contributed by atoms with E-state index in [4.69, 9.17) is 9.84 Å². The molecule has 0 spiro atoms. The lowest BCUT2D eigenvalue weighted by atomic mass is 10.2. The van der Waals surface area contributed by atoms with Crippen molar-refractivity contribution < 1.29 is 19.4 Å². The molecule has 1 fully saturated rings. The van der Waals surface area contributed by atoms with Crippen molar-refractivity contribution in [1.82, 2.24) is 10.2 Å². The second-order valence-corrected chi connectivity index (χ2v) is 5.09. The van der Waals surface area contributed by atoms with Crippen molar-refractivity contribution in [1.29, 1.82) is 0 Å². The van der Waals surface area contributed by atoms with Crippen molar-refractivity contribution in [3.05, 3.63) is 29.8 Å². The number of amides is 2. The third-order valence-electron chi connectivity index (χ3n) is 3.44. The van der Waals surface area contributed by atoms with Gasteiger partial charge >= 0.3 is 12.0 Å². The third-order valence-corrected chi connectivity index (χ3v) is 3.44. The lowest BCUT2D eigenvalue weighted by Crippen LogP contribution is -2.46. The lowest BCUT2D eigenvalue weighted by molar-refractivity contribution is -0.141. The summed E-state index contributed by atoms with van der Waals surface area (Å²) in [6.45, 7) is 3.16. The van der Waals surface area contributed by atoms with E-state index in [0.717, 1.165) is 17.7 Å². The Kier molecular flexibility index (Phi) is 5.03. The fourth-order valence-corrected chi connectivity index (χ4v) is 2.40. The molecule has 114 valence electrons. The topological polar surface area (TPSA) is 78.9 Å². The molecule has 2 rings (SSSR count). The molecule has 0 saturated carbocycles. The SMILES string of the molecule is Cc1cccc(OCCNC(=O)N2CCC[C@H]2C(=O)O)c1. The number of nitrogens with zero attached hydrogens (tertiary/aromatic N) is 1. The van der Waals surface area contributed by atoms with Crippen LogP contribution in [0, 0.1) is 6.92 Å². The number of carbonyl (C=O) groups excluding carboxylic acids is 1. The number of ether oxygens (including phenoxy) is 1. The molecule has 0 radical (unpaired) electrons. The summed E-state index contributed by atoms with van der Waals surface area (Å²) in [5.41, 5.74) is 1.11. The van der Waals surface area contributed by atoms with E-state index in [1.54, 1.807) is 0 Å². The Morgan fingerprint density at radius 3 is 3.00 bits per heavy atom. The maximum absolute atomic E-state index is 11.9. The monoisotopic (exact) mass is 292 g/mol. The van der Waals surface area contributed by atoms with E-state index < -0.39 is 12.0 Å². The van der Waals surface area contributed by atoms with Gasteiger partial charge in [-0.3, -0.25) is 0 Å². The molecule has 1 aliphatic heterocycles. The molecule has 1 aromatic carbocycles. The summed E-state index contributed by atoms with van der Waals surface area (Å²) in [6.07, 6.45) is 1.24. The Morgan fingerprint density at radius 1 is 1.48 bits per heavy atom. The van der Waals surface area contributed by atoms with Crippen LogP contribution in [0.25, 0.3) is 0 Å². The second kappa shape index (κ2) is 6.97. The number of carboxylic acid groups (broad SMARTS) is 1. The zero-order valence-electron chi connectivity index (χ0n) is 12.0. The molecule has 0 aromatic heterocycles. The lowest BCUT2D eigenvalue weighted by Gasteiger charge is -2.21. The molecular formula is C15H20N2O4. The van der Waals surface area contributed by atoms with Gasteiger partial charge in [-0.05, 0) is 37.5 Å². The summed E-state index contributed by atoms with van der Waals surface area (Å²) in [5.74, 6) is -0.188. The summed E-state index contributed by atoms with van der Waals surface area (Å²) >= 11 is 0. The van der Waals surface area contributed by atoms with E-state index in [2.05, 4.69) is 5.32 Å². The van der Waals surface area contributed by atoms with E-state index in [1.165, 1.54) is 4.90 Å². The molecule has 1 heterocycles. The zero-order chi connectivity index (χ0) is 15.2. The molecule has 21 heavy (non-hydrogen) atoms. The minimum Gasteiger partial charge on any atom is -0.492 e. The Bertz CT molecular complexity index is 518. The van der Waals surface area contributed by atoms with Crippen LogP contribution in [-0.2, 0) is 4.79 Å². The molecule has 0 bridgehead atoms. The zero-order valence-corrected chi connectivity index (χ0v) is 12.0. The van der Waals surface area contributed by atoms with Crippen LogP contribution in [0.3, 0.4) is 0 Å². The first-order valence-electron chi connectivity index (χ1n) is 7.04. The van der Waals surface area contributed by atoms with E-state index in [0.29, 0.717) is 26.1 Å². The number of hydrogen-bond donors (Lipinski definition) is 2. The number of urea groups is 1. The third kappa shape index (κ3) is 4.11. The Hall–Kier alpha value is -2.24. The van der Waals surface area contributed by atoms with Gasteiger partial charge in [0.05, 0.1) is 6.54 Å². The highest BCUT2D eigenvalue weighted by molar-refractivity contribution is 5.83. The summed E-state index contributed by atoms with van der Waals surface area (Å²) in [7, 11) is 0. The van der Waals surface area contributed by atoms with Gasteiger partial charge in [-0.15, -0.1) is 0 Å². The highest BCUT2D eigenvalue weighted by atomic mass is 16.5. The van der Waals surface area contributed by atoms with Gasteiger partial charge in [-0.1, -0.05) is 12.1 Å². The molecule has 1 aromatic rings. The fraction of sp³-hybridized carbons (Fsp3) is 0.467. The molecule has 0 unspecified atom stereocenters. The van der Waals surface area contributed by atoms with Crippen LogP contribution in [0.15, 0.2) is 24.3 Å². The number of carboxylic acids is 1. The number of benzene rings is 1. The molecule has 0 aliphatic carbocycles. The molecule has 1 aliphatic rings. The number of nitrogens with one attached hydrogen (secondary N) is 1. The number of rotatable bonds is 5. The van der Waals surface area contributed by atoms with Gasteiger partial charge in [0.25, 0.3) is 0 Å². The summed E-state index contributed by atoms with van der Waals surface area (Å²) in [6, 6.07) is 6.62. The van der Waals surface area contributed by atoms with E-state index in [9.17, 15) is 9.59 Å². The van der Waals surface area contributed by atoms with Crippen LogP contribution in [0.1, 0.15) is 18.4 Å². The molecule has 1 saturated heterocycles. The first-order valence-corrected chi connectivity index (χ1v) is 7.04. The number of likely N-dealkylation sites (tertiary alicyclic amines) is 1. The molecule has 2 amide bonds. The van der Waals surface area contributed by atoms with Crippen molar-refractivity contribution in [3.8, 4) is 5.75 Å². The van der Waals surface area contributed by atoms with Crippen LogP contribution in [-0.4, -0.2) is 47.7 Å². The first-order chi connectivity index (χ1) is 10.1. The van der Waals surface area contributed by atoms with Gasteiger partial charge in [-0.25, -0.2) is 9.59 Å². The largest absolute Gasteiger partial charge is 0.492 e. The van der Waals surface area contributed by atoms with Crippen molar-refractivity contribution in [2.24, 2.45) is 0 Å². The van der Waals surface area contributed by atoms with Crippen LogP contribution >= 0.6 is 0 Å². The van der Waals surface area contributed by atoms with Crippen molar-refractivity contribution >= 4 is 12.0 Å². The van der Waals surface area contributed by atoms with E-state index in [-0.39, 0.29) is 6.03 Å². The van der Waals surface area contributed by atoms with Gasteiger partial charge in [0, 0.05) is 6.54 Å². The summed E-state index contributed by atoms with van der Waals surface area (Å²) in [4.78, 5) is 24.3. The molecule has 1 atom stereocenters. The maximum atomic E-state index is 11.9. The smallest absolute Gasteiger partial charge is 0.326 e. The first kappa shape index (κ1) is 15.2. The predicted octanol–water partition coefficient (Wildman–Crippen LogP) is 1.63. The Morgan fingerprint density at radius 2 is 2.29 bits per heavy atom. The van der Waals surface area contributed by atoms with Crippen LogP contribution in [0.2, 0.25) is 0 Å². The van der Waals surface area contributed by atoms with E-state index in [1.807, 2.05) is 31.2 Å². The number of hydrogen-bond acceptors (Lipinski definition) is 3. The minimum absolute atomic E-state index is 0.340. The maximum Gasteiger partial charge on any atom is 0.326 e. The normalized spacial score (nSPS) is 17.6. The van der Waals surface area contributed by atoms with Crippen molar-refractivity contribution in [3.63, 3.8) is 0 Å².